The standard InChI is InChI=1S/C15H17N3O/c1-11-5-7-12(8-6-11)10-18(2)15-13(14(16)19)4-3-9-17-15/h3-9H,10H2,1-2H3,(H2,16,19). The first-order valence-electron chi connectivity index (χ1n) is 6.09. The molecule has 98 valence electrons. The van der Waals surface area contributed by atoms with Gasteiger partial charge in [0.25, 0.3) is 5.91 Å². The maximum atomic E-state index is 11.4. The van der Waals surface area contributed by atoms with E-state index in [1.165, 1.54) is 5.56 Å². The molecule has 1 aromatic heterocycles. The Balaban J connectivity index is 2.22. The molecule has 0 aliphatic heterocycles. The van der Waals surface area contributed by atoms with Gasteiger partial charge in [0, 0.05) is 19.8 Å². The number of rotatable bonds is 4. The number of anilines is 1. The van der Waals surface area contributed by atoms with Crippen LogP contribution >= 0.6 is 0 Å². The summed E-state index contributed by atoms with van der Waals surface area (Å²) in [5.41, 5.74) is 8.19. The van der Waals surface area contributed by atoms with Crippen LogP contribution in [-0.2, 0) is 6.54 Å². The Morgan fingerprint density at radius 3 is 2.58 bits per heavy atom. The van der Waals surface area contributed by atoms with Gasteiger partial charge in [0.1, 0.15) is 5.82 Å². The van der Waals surface area contributed by atoms with E-state index >= 15 is 0 Å². The number of amides is 1. The molecule has 1 heterocycles. The zero-order valence-corrected chi connectivity index (χ0v) is 11.1. The zero-order chi connectivity index (χ0) is 13.8. The van der Waals surface area contributed by atoms with Gasteiger partial charge in [-0.05, 0) is 24.6 Å². The van der Waals surface area contributed by atoms with E-state index in [1.807, 2.05) is 11.9 Å². The van der Waals surface area contributed by atoms with E-state index in [0.29, 0.717) is 17.9 Å². The molecule has 0 saturated heterocycles. The minimum atomic E-state index is -0.459. The topological polar surface area (TPSA) is 59.2 Å². The Kier molecular flexibility index (Phi) is 3.80. The first-order valence-corrected chi connectivity index (χ1v) is 6.09. The van der Waals surface area contributed by atoms with Crippen molar-refractivity contribution in [3.05, 3.63) is 59.3 Å². The first-order chi connectivity index (χ1) is 9.08. The van der Waals surface area contributed by atoms with Crippen molar-refractivity contribution < 1.29 is 4.79 Å². The molecule has 2 aromatic rings. The molecule has 0 saturated carbocycles. The van der Waals surface area contributed by atoms with E-state index in [9.17, 15) is 4.79 Å². The third-order valence-electron chi connectivity index (χ3n) is 2.95. The lowest BCUT2D eigenvalue weighted by Crippen LogP contribution is -2.23. The van der Waals surface area contributed by atoms with Gasteiger partial charge >= 0.3 is 0 Å². The lowest BCUT2D eigenvalue weighted by Gasteiger charge is -2.20. The van der Waals surface area contributed by atoms with Crippen molar-refractivity contribution in [1.82, 2.24) is 4.98 Å². The molecule has 2 N–H and O–H groups in total. The van der Waals surface area contributed by atoms with E-state index in [2.05, 4.69) is 36.2 Å². The molecule has 19 heavy (non-hydrogen) atoms. The van der Waals surface area contributed by atoms with Crippen LogP contribution in [0.1, 0.15) is 21.5 Å². The molecular formula is C15H17N3O. The van der Waals surface area contributed by atoms with Gasteiger partial charge in [-0.3, -0.25) is 4.79 Å². The van der Waals surface area contributed by atoms with Crippen molar-refractivity contribution in [2.24, 2.45) is 5.73 Å². The molecule has 0 atom stereocenters. The van der Waals surface area contributed by atoms with Crippen molar-refractivity contribution in [2.45, 2.75) is 13.5 Å². The fraction of sp³-hybridized carbons (Fsp3) is 0.200. The minimum absolute atomic E-state index is 0.442. The molecule has 0 radical (unpaired) electrons. The molecule has 1 amide bonds. The lowest BCUT2D eigenvalue weighted by atomic mass is 10.1. The second kappa shape index (κ2) is 5.52. The predicted octanol–water partition coefficient (Wildman–Crippen LogP) is 2.13. The summed E-state index contributed by atoms with van der Waals surface area (Å²) < 4.78 is 0. The number of hydrogen-bond donors (Lipinski definition) is 1. The van der Waals surface area contributed by atoms with E-state index in [-0.39, 0.29) is 0 Å². The average molecular weight is 255 g/mol. The molecule has 0 aliphatic carbocycles. The fourth-order valence-corrected chi connectivity index (χ4v) is 1.94. The number of nitrogens with zero attached hydrogens (tertiary/aromatic N) is 2. The van der Waals surface area contributed by atoms with E-state index in [0.717, 1.165) is 5.56 Å². The van der Waals surface area contributed by atoms with Gasteiger partial charge in [0.2, 0.25) is 0 Å². The summed E-state index contributed by atoms with van der Waals surface area (Å²) in [5, 5.41) is 0. The second-order valence-electron chi connectivity index (χ2n) is 4.58. The van der Waals surface area contributed by atoms with Crippen LogP contribution in [0.3, 0.4) is 0 Å². The molecule has 4 nitrogen and oxygen atoms in total. The van der Waals surface area contributed by atoms with E-state index in [1.54, 1.807) is 18.3 Å². The molecular weight excluding hydrogens is 238 g/mol. The number of pyridine rings is 1. The number of carbonyl (C=O) groups excluding carboxylic acids is 1. The van der Waals surface area contributed by atoms with Crippen LogP contribution in [-0.4, -0.2) is 17.9 Å². The average Bonchev–Trinajstić information content (AvgIpc) is 2.41. The fourth-order valence-electron chi connectivity index (χ4n) is 1.94. The number of primary amides is 1. The second-order valence-corrected chi connectivity index (χ2v) is 4.58. The molecule has 0 aliphatic rings. The molecule has 1 aromatic carbocycles. The maximum Gasteiger partial charge on any atom is 0.252 e. The molecule has 2 rings (SSSR count). The molecule has 4 heteroatoms. The van der Waals surface area contributed by atoms with Crippen LogP contribution in [0.25, 0.3) is 0 Å². The van der Waals surface area contributed by atoms with Gasteiger partial charge in [-0.15, -0.1) is 0 Å². The highest BCUT2D eigenvalue weighted by atomic mass is 16.1. The maximum absolute atomic E-state index is 11.4. The quantitative estimate of drug-likeness (QED) is 0.910. The summed E-state index contributed by atoms with van der Waals surface area (Å²) in [4.78, 5) is 17.5. The summed E-state index contributed by atoms with van der Waals surface area (Å²) in [5.74, 6) is 0.148. The van der Waals surface area contributed by atoms with Crippen molar-refractivity contribution in [3.63, 3.8) is 0 Å². The summed E-state index contributed by atoms with van der Waals surface area (Å²) >= 11 is 0. The van der Waals surface area contributed by atoms with Crippen LogP contribution < -0.4 is 10.6 Å². The Labute approximate surface area is 112 Å². The van der Waals surface area contributed by atoms with Crippen LogP contribution in [0.15, 0.2) is 42.6 Å². The number of nitrogens with two attached hydrogens (primary N) is 1. The third kappa shape index (κ3) is 3.10. The summed E-state index contributed by atoms with van der Waals surface area (Å²) in [7, 11) is 1.90. The van der Waals surface area contributed by atoms with Gasteiger partial charge in [-0.25, -0.2) is 4.98 Å². The number of hydrogen-bond acceptors (Lipinski definition) is 3. The predicted molar refractivity (Wildman–Crippen MR) is 76.0 cm³/mol. The van der Waals surface area contributed by atoms with Gasteiger partial charge in [-0.2, -0.15) is 0 Å². The van der Waals surface area contributed by atoms with Crippen LogP contribution in [0.5, 0.6) is 0 Å². The van der Waals surface area contributed by atoms with Gasteiger partial charge in [-0.1, -0.05) is 29.8 Å². The van der Waals surface area contributed by atoms with Crippen molar-refractivity contribution in [3.8, 4) is 0 Å². The van der Waals surface area contributed by atoms with E-state index in [4.69, 9.17) is 5.73 Å². The monoisotopic (exact) mass is 255 g/mol. The molecule has 0 unspecified atom stereocenters. The van der Waals surface area contributed by atoms with Crippen LogP contribution in [0.4, 0.5) is 5.82 Å². The number of aryl methyl sites for hydroxylation is 1. The smallest absolute Gasteiger partial charge is 0.252 e. The Hall–Kier alpha value is -2.36. The van der Waals surface area contributed by atoms with Crippen LogP contribution in [0.2, 0.25) is 0 Å². The van der Waals surface area contributed by atoms with Crippen molar-refractivity contribution in [2.75, 3.05) is 11.9 Å². The first kappa shape index (κ1) is 13.1. The highest BCUT2D eigenvalue weighted by molar-refractivity contribution is 5.97. The number of aromatic nitrogens is 1. The number of benzene rings is 1. The van der Waals surface area contributed by atoms with Gasteiger partial charge < -0.3 is 10.6 Å². The molecule has 0 spiro atoms. The normalized spacial score (nSPS) is 10.2. The Bertz CT molecular complexity index is 578. The largest absolute Gasteiger partial charge is 0.365 e. The lowest BCUT2D eigenvalue weighted by molar-refractivity contribution is 0.100. The van der Waals surface area contributed by atoms with Crippen LogP contribution in [0, 0.1) is 6.92 Å². The minimum Gasteiger partial charge on any atom is -0.365 e. The summed E-state index contributed by atoms with van der Waals surface area (Å²) in [6.45, 7) is 2.73. The molecule has 0 bridgehead atoms. The summed E-state index contributed by atoms with van der Waals surface area (Å²) in [6, 6.07) is 11.7. The van der Waals surface area contributed by atoms with Gasteiger partial charge in [0.15, 0.2) is 0 Å². The number of carbonyl (C=O) groups is 1. The molecule has 0 fully saturated rings. The van der Waals surface area contributed by atoms with Crippen molar-refractivity contribution in [1.29, 1.82) is 0 Å². The highest BCUT2D eigenvalue weighted by Crippen LogP contribution is 2.17. The summed E-state index contributed by atoms with van der Waals surface area (Å²) in [6.07, 6.45) is 1.66. The Morgan fingerprint density at radius 2 is 1.95 bits per heavy atom. The highest BCUT2D eigenvalue weighted by Gasteiger charge is 2.12. The SMILES string of the molecule is Cc1ccc(CN(C)c2ncccc2C(N)=O)cc1. The van der Waals surface area contributed by atoms with E-state index < -0.39 is 5.91 Å². The van der Waals surface area contributed by atoms with Crippen molar-refractivity contribution >= 4 is 11.7 Å². The van der Waals surface area contributed by atoms with Gasteiger partial charge in [0.05, 0.1) is 5.56 Å². The third-order valence-corrected chi connectivity index (χ3v) is 2.95. The zero-order valence-electron chi connectivity index (χ0n) is 11.1. The Morgan fingerprint density at radius 1 is 1.26 bits per heavy atom.